The fourth-order valence-electron chi connectivity index (χ4n) is 4.51. The van der Waals surface area contributed by atoms with Crippen LogP contribution in [0.5, 0.6) is 5.75 Å². The number of phenols is 1. The molecular formula is C30H27ClN6O3. The molecule has 2 heterocycles. The Morgan fingerprint density at radius 3 is 1.45 bits per heavy atom. The number of hydrogen-bond donors (Lipinski definition) is 1. The molecule has 0 spiro atoms. The minimum Gasteiger partial charge on any atom is -0.507 e. The first-order valence-corrected chi connectivity index (χ1v) is 12.9. The van der Waals surface area contributed by atoms with Crippen LogP contribution < -0.4 is 11.1 Å². The van der Waals surface area contributed by atoms with E-state index in [2.05, 4.69) is 9.98 Å². The van der Waals surface area contributed by atoms with Gasteiger partial charge in [0, 0.05) is 42.7 Å². The molecule has 202 valence electrons. The molecule has 0 unspecified atom stereocenters. The molecule has 0 aliphatic heterocycles. The van der Waals surface area contributed by atoms with Crippen molar-refractivity contribution < 1.29 is 5.11 Å². The number of aromatic hydroxyl groups is 1. The van der Waals surface area contributed by atoms with Crippen molar-refractivity contribution in [1.29, 1.82) is 0 Å². The van der Waals surface area contributed by atoms with E-state index in [4.69, 9.17) is 11.6 Å². The summed E-state index contributed by atoms with van der Waals surface area (Å²) < 4.78 is 6.51. The van der Waals surface area contributed by atoms with Gasteiger partial charge in [-0.2, -0.15) is 0 Å². The van der Waals surface area contributed by atoms with Crippen molar-refractivity contribution in [2.45, 2.75) is 13.8 Å². The zero-order chi connectivity index (χ0) is 28.6. The number of hydrogen-bond acceptors (Lipinski definition) is 5. The Morgan fingerprint density at radius 1 is 0.700 bits per heavy atom. The minimum atomic E-state index is -0.292. The van der Waals surface area contributed by atoms with Crippen molar-refractivity contribution in [3.05, 3.63) is 121 Å². The molecule has 5 rings (SSSR count). The molecule has 0 radical (unpaired) electrons. The molecule has 9 nitrogen and oxygen atoms in total. The summed E-state index contributed by atoms with van der Waals surface area (Å²) in [7, 11) is 3.57. The van der Waals surface area contributed by atoms with E-state index in [0.29, 0.717) is 38.9 Å². The van der Waals surface area contributed by atoms with Crippen LogP contribution >= 0.6 is 11.6 Å². The largest absolute Gasteiger partial charge is 0.507 e. The molecule has 3 aromatic carbocycles. The Balaban J connectivity index is 1.51. The van der Waals surface area contributed by atoms with Crippen molar-refractivity contribution in [2.24, 2.45) is 24.1 Å². The average molecular weight is 555 g/mol. The van der Waals surface area contributed by atoms with Crippen molar-refractivity contribution >= 4 is 35.4 Å². The van der Waals surface area contributed by atoms with Gasteiger partial charge in [0.25, 0.3) is 11.1 Å². The lowest BCUT2D eigenvalue weighted by atomic mass is 10.1. The van der Waals surface area contributed by atoms with E-state index in [1.807, 2.05) is 60.7 Å². The van der Waals surface area contributed by atoms with Gasteiger partial charge in [-0.3, -0.25) is 19.0 Å². The molecule has 0 saturated heterocycles. The highest BCUT2D eigenvalue weighted by Crippen LogP contribution is 2.27. The number of phenolic OH excluding ortho intramolecular Hbond substituents is 1. The molecule has 0 aliphatic carbocycles. The maximum atomic E-state index is 13.2. The van der Waals surface area contributed by atoms with Crippen LogP contribution in [0, 0.1) is 13.8 Å². The van der Waals surface area contributed by atoms with Gasteiger partial charge in [-0.1, -0.05) is 48.0 Å². The second kappa shape index (κ2) is 10.7. The van der Waals surface area contributed by atoms with Crippen LogP contribution in [0.15, 0.2) is 92.4 Å². The topological polar surface area (TPSA) is 98.8 Å². The van der Waals surface area contributed by atoms with E-state index >= 15 is 0 Å². The monoisotopic (exact) mass is 554 g/mol. The quantitative estimate of drug-likeness (QED) is 0.294. The lowest BCUT2D eigenvalue weighted by Crippen LogP contribution is -2.19. The fraction of sp³-hybridized carbons (Fsp3) is 0.133. The predicted molar refractivity (Wildman–Crippen MR) is 159 cm³/mol. The summed E-state index contributed by atoms with van der Waals surface area (Å²) >= 11 is 6.35. The number of para-hydroxylation sites is 2. The van der Waals surface area contributed by atoms with Gasteiger partial charge in [0.05, 0.1) is 22.8 Å². The maximum absolute atomic E-state index is 13.2. The van der Waals surface area contributed by atoms with Crippen molar-refractivity contribution in [3.63, 3.8) is 0 Å². The summed E-state index contributed by atoms with van der Waals surface area (Å²) in [6, 6.07) is 21.6. The zero-order valence-electron chi connectivity index (χ0n) is 22.4. The van der Waals surface area contributed by atoms with Crippen molar-refractivity contribution in [1.82, 2.24) is 18.7 Å². The van der Waals surface area contributed by atoms with Gasteiger partial charge in [0.15, 0.2) is 11.4 Å². The first kappa shape index (κ1) is 26.7. The van der Waals surface area contributed by atoms with Gasteiger partial charge in [-0.15, -0.1) is 0 Å². The highest BCUT2D eigenvalue weighted by atomic mass is 35.5. The van der Waals surface area contributed by atoms with Crippen LogP contribution in [0.25, 0.3) is 11.4 Å². The van der Waals surface area contributed by atoms with Gasteiger partial charge < -0.3 is 5.11 Å². The fourth-order valence-corrected chi connectivity index (χ4v) is 4.75. The normalized spacial score (nSPS) is 11.7. The van der Waals surface area contributed by atoms with Gasteiger partial charge >= 0.3 is 0 Å². The Hall–Kier alpha value is -4.89. The first-order valence-electron chi connectivity index (χ1n) is 12.5. The van der Waals surface area contributed by atoms with Crippen LogP contribution in [0.1, 0.15) is 22.5 Å². The molecule has 1 N–H and O–H groups in total. The van der Waals surface area contributed by atoms with Crippen molar-refractivity contribution in [3.8, 4) is 17.1 Å². The Labute approximate surface area is 235 Å². The predicted octanol–water partition coefficient (Wildman–Crippen LogP) is 5.14. The maximum Gasteiger partial charge on any atom is 0.297 e. The standard InChI is InChI=1S/C30H27ClN6O3/c1-19-26(29(39)36(34(19)3)24-11-7-5-8-12-24)32-17-21-15-23(31)16-22(28(21)38)18-33-27-20(2)35(4)37(30(27)40)25-13-9-6-10-14-25/h5-18,38H,1-4H3. The molecule has 2 aromatic heterocycles. The second-order valence-electron chi connectivity index (χ2n) is 9.27. The molecule has 0 bridgehead atoms. The number of halogens is 1. The second-order valence-corrected chi connectivity index (χ2v) is 9.71. The van der Waals surface area contributed by atoms with Gasteiger partial charge in [0.2, 0.25) is 0 Å². The number of aliphatic imine (C=N–C) groups is 2. The van der Waals surface area contributed by atoms with Crippen LogP contribution in [-0.4, -0.2) is 36.3 Å². The molecule has 10 heteroatoms. The van der Waals surface area contributed by atoms with Crippen LogP contribution in [-0.2, 0) is 14.1 Å². The molecule has 0 aliphatic rings. The van der Waals surface area contributed by atoms with E-state index in [1.165, 1.54) is 21.8 Å². The van der Waals surface area contributed by atoms with Gasteiger partial charge in [-0.25, -0.2) is 19.3 Å². The summed E-state index contributed by atoms with van der Waals surface area (Å²) in [5.41, 5.74) is 3.23. The third-order valence-electron chi connectivity index (χ3n) is 6.85. The molecule has 5 aromatic rings. The average Bonchev–Trinajstić information content (AvgIpc) is 3.30. The molecule has 0 saturated carbocycles. The molecule has 0 atom stereocenters. The van der Waals surface area contributed by atoms with E-state index in [9.17, 15) is 14.7 Å². The van der Waals surface area contributed by atoms with Crippen molar-refractivity contribution in [2.75, 3.05) is 0 Å². The third-order valence-corrected chi connectivity index (χ3v) is 7.06. The van der Waals surface area contributed by atoms with E-state index in [-0.39, 0.29) is 28.2 Å². The molecule has 0 amide bonds. The molecule has 0 fully saturated rings. The highest BCUT2D eigenvalue weighted by molar-refractivity contribution is 6.31. The summed E-state index contributed by atoms with van der Waals surface area (Å²) in [4.78, 5) is 35.2. The van der Waals surface area contributed by atoms with E-state index in [1.54, 1.807) is 49.4 Å². The van der Waals surface area contributed by atoms with Crippen LogP contribution in [0.2, 0.25) is 5.02 Å². The number of benzene rings is 3. The lowest BCUT2D eigenvalue weighted by molar-refractivity contribution is 0.473. The van der Waals surface area contributed by atoms with Crippen LogP contribution in [0.3, 0.4) is 0 Å². The van der Waals surface area contributed by atoms with E-state index < -0.39 is 0 Å². The summed E-state index contributed by atoms with van der Waals surface area (Å²) in [5, 5.41) is 11.3. The number of nitrogens with zero attached hydrogens (tertiary/aromatic N) is 6. The summed E-state index contributed by atoms with van der Waals surface area (Å²) in [6.07, 6.45) is 2.79. The highest BCUT2D eigenvalue weighted by Gasteiger charge is 2.17. The molecular weight excluding hydrogens is 528 g/mol. The van der Waals surface area contributed by atoms with E-state index in [0.717, 1.165) is 0 Å². The Kier molecular flexibility index (Phi) is 7.15. The summed E-state index contributed by atoms with van der Waals surface area (Å²) in [6.45, 7) is 3.60. The molecule has 40 heavy (non-hydrogen) atoms. The Morgan fingerprint density at radius 2 is 1.07 bits per heavy atom. The summed E-state index contributed by atoms with van der Waals surface area (Å²) in [5.74, 6) is -0.133. The third kappa shape index (κ3) is 4.71. The number of rotatable bonds is 6. The lowest BCUT2D eigenvalue weighted by Gasteiger charge is -2.07. The van der Waals surface area contributed by atoms with Gasteiger partial charge in [-0.05, 0) is 50.2 Å². The van der Waals surface area contributed by atoms with Crippen LogP contribution in [0.4, 0.5) is 11.4 Å². The zero-order valence-corrected chi connectivity index (χ0v) is 23.2. The van der Waals surface area contributed by atoms with Gasteiger partial charge in [0.1, 0.15) is 5.75 Å². The smallest absolute Gasteiger partial charge is 0.297 e. The minimum absolute atomic E-state index is 0.133. The Bertz CT molecular complexity index is 1760. The number of aromatic nitrogens is 4. The first-order chi connectivity index (χ1) is 19.2. The SMILES string of the molecule is Cc1c(N=Cc2cc(Cl)cc(C=Nc3c(C)n(C)n(-c4ccccc4)c3=O)c2O)c(=O)n(-c2ccccc2)n1C.